The minimum atomic E-state index is -0.382. The van der Waals surface area contributed by atoms with E-state index in [1.54, 1.807) is 11.4 Å². The van der Waals surface area contributed by atoms with Gasteiger partial charge in [-0.1, -0.05) is 30.3 Å². The molecule has 1 N–H and O–H groups in total. The summed E-state index contributed by atoms with van der Waals surface area (Å²) in [6, 6.07) is 13.9. The maximum Gasteiger partial charge on any atom is 0.185 e. The van der Waals surface area contributed by atoms with E-state index in [1.807, 2.05) is 42.5 Å². The van der Waals surface area contributed by atoms with Crippen LogP contribution in [-0.4, -0.2) is 56.8 Å². The van der Waals surface area contributed by atoms with E-state index in [0.717, 1.165) is 23.8 Å². The molecule has 1 aromatic carbocycles. The molecule has 130 valence electrons. The molecule has 0 saturated carbocycles. The monoisotopic (exact) mass is 339 g/mol. The molecule has 1 fully saturated rings. The average molecular weight is 339 g/mol. The second kappa shape index (κ2) is 6.78. The van der Waals surface area contributed by atoms with E-state index in [1.165, 1.54) is 0 Å². The fourth-order valence-corrected chi connectivity index (χ4v) is 3.25. The van der Waals surface area contributed by atoms with Gasteiger partial charge in [0.1, 0.15) is 5.82 Å². The second-order valence-corrected chi connectivity index (χ2v) is 6.36. The number of aromatic nitrogens is 4. The van der Waals surface area contributed by atoms with Crippen molar-refractivity contribution in [1.29, 1.82) is 0 Å². The van der Waals surface area contributed by atoms with Gasteiger partial charge < -0.3 is 14.7 Å². The van der Waals surface area contributed by atoms with Crippen LogP contribution in [0.2, 0.25) is 0 Å². The zero-order chi connectivity index (χ0) is 17.2. The van der Waals surface area contributed by atoms with E-state index >= 15 is 0 Å². The first kappa shape index (κ1) is 16.0. The topological polar surface area (TPSA) is 75.8 Å². The van der Waals surface area contributed by atoms with E-state index in [-0.39, 0.29) is 12.1 Å². The van der Waals surface area contributed by atoms with Crippen LogP contribution in [0, 0.1) is 0 Å². The highest BCUT2D eigenvalue weighted by Gasteiger charge is 2.26. The van der Waals surface area contributed by atoms with Crippen LogP contribution in [0.4, 0.5) is 5.82 Å². The van der Waals surface area contributed by atoms with Crippen LogP contribution in [-0.2, 0) is 4.74 Å². The fourth-order valence-electron chi connectivity index (χ4n) is 3.25. The van der Waals surface area contributed by atoms with Crippen molar-refractivity contribution in [2.24, 2.45) is 0 Å². The molecule has 2 atom stereocenters. The van der Waals surface area contributed by atoms with Gasteiger partial charge in [-0.15, -0.1) is 15.3 Å². The minimum Gasteiger partial charge on any atom is -0.393 e. The van der Waals surface area contributed by atoms with Crippen LogP contribution in [0.25, 0.3) is 17.0 Å². The molecule has 4 rings (SSSR count). The van der Waals surface area contributed by atoms with Crippen LogP contribution >= 0.6 is 0 Å². The quantitative estimate of drug-likeness (QED) is 0.781. The molecule has 7 nitrogen and oxygen atoms in total. The van der Waals surface area contributed by atoms with Gasteiger partial charge in [0.2, 0.25) is 0 Å². The van der Waals surface area contributed by atoms with Crippen molar-refractivity contribution in [2.45, 2.75) is 25.5 Å². The first-order valence-electron chi connectivity index (χ1n) is 8.53. The lowest BCUT2D eigenvalue weighted by molar-refractivity contribution is 0.0717. The molecule has 2 unspecified atom stereocenters. The molecule has 1 aliphatic rings. The van der Waals surface area contributed by atoms with E-state index in [4.69, 9.17) is 9.84 Å². The van der Waals surface area contributed by atoms with E-state index in [2.05, 4.69) is 15.1 Å². The smallest absolute Gasteiger partial charge is 0.185 e. The normalized spacial score (nSPS) is 19.3. The van der Waals surface area contributed by atoms with Crippen LogP contribution in [0.1, 0.15) is 13.3 Å². The third-order valence-corrected chi connectivity index (χ3v) is 4.42. The van der Waals surface area contributed by atoms with Crippen molar-refractivity contribution in [3.63, 3.8) is 0 Å². The van der Waals surface area contributed by atoms with Gasteiger partial charge in [-0.3, -0.25) is 0 Å². The van der Waals surface area contributed by atoms with E-state index in [9.17, 15) is 5.11 Å². The number of fused-ring (bicyclic) bond motifs is 1. The van der Waals surface area contributed by atoms with Crippen molar-refractivity contribution < 1.29 is 9.84 Å². The largest absolute Gasteiger partial charge is 0.393 e. The van der Waals surface area contributed by atoms with Crippen LogP contribution in [0.3, 0.4) is 0 Å². The molecule has 1 aliphatic heterocycles. The number of morpholine rings is 1. The molecule has 25 heavy (non-hydrogen) atoms. The van der Waals surface area contributed by atoms with Crippen LogP contribution in [0.15, 0.2) is 42.5 Å². The Morgan fingerprint density at radius 2 is 2.04 bits per heavy atom. The summed E-state index contributed by atoms with van der Waals surface area (Å²) in [5, 5.41) is 23.0. The highest BCUT2D eigenvalue weighted by Crippen LogP contribution is 2.23. The molecule has 0 amide bonds. The van der Waals surface area contributed by atoms with Gasteiger partial charge in [0.25, 0.3) is 0 Å². The maximum absolute atomic E-state index is 9.77. The van der Waals surface area contributed by atoms with Crippen LogP contribution in [0.5, 0.6) is 0 Å². The molecule has 0 bridgehead atoms. The van der Waals surface area contributed by atoms with Crippen LogP contribution < -0.4 is 4.90 Å². The Hall–Kier alpha value is -2.51. The molecule has 0 aliphatic carbocycles. The Morgan fingerprint density at radius 3 is 2.84 bits per heavy atom. The number of rotatable bonds is 4. The zero-order valence-electron chi connectivity index (χ0n) is 14.1. The number of hydrogen-bond donors (Lipinski definition) is 1. The van der Waals surface area contributed by atoms with Crippen molar-refractivity contribution >= 4 is 11.5 Å². The summed E-state index contributed by atoms with van der Waals surface area (Å²) < 4.78 is 7.37. The van der Waals surface area contributed by atoms with Crippen molar-refractivity contribution in [3.8, 4) is 11.4 Å². The molecule has 7 heteroatoms. The van der Waals surface area contributed by atoms with Gasteiger partial charge in [-0.05, 0) is 25.5 Å². The molecule has 0 spiro atoms. The summed E-state index contributed by atoms with van der Waals surface area (Å²) in [6.07, 6.45) is 0.265. The molecule has 1 saturated heterocycles. The predicted molar refractivity (Wildman–Crippen MR) is 94.5 cm³/mol. The van der Waals surface area contributed by atoms with Gasteiger partial charge in [0, 0.05) is 12.1 Å². The molecule has 3 heterocycles. The number of hydrogen-bond acceptors (Lipinski definition) is 6. The van der Waals surface area contributed by atoms with Crippen molar-refractivity contribution in [1.82, 2.24) is 19.8 Å². The summed E-state index contributed by atoms with van der Waals surface area (Å²) >= 11 is 0. The Kier molecular flexibility index (Phi) is 4.33. The minimum absolute atomic E-state index is 0.107. The fraction of sp³-hybridized carbons (Fsp3) is 0.389. The average Bonchev–Trinajstić information content (AvgIpc) is 3.05. The SMILES string of the molecule is CC(O)CC1COCCN1c1ccc2nnc(-c3ccccc3)n2n1. The number of ether oxygens (including phenoxy) is 1. The third kappa shape index (κ3) is 3.20. The number of aliphatic hydroxyl groups is 1. The molecular formula is C18H21N5O2. The zero-order valence-corrected chi connectivity index (χ0v) is 14.1. The van der Waals surface area contributed by atoms with Crippen molar-refractivity contribution in [2.75, 3.05) is 24.7 Å². The first-order chi connectivity index (χ1) is 12.2. The van der Waals surface area contributed by atoms with Gasteiger partial charge in [-0.25, -0.2) is 0 Å². The summed E-state index contributed by atoms with van der Waals surface area (Å²) in [5.74, 6) is 1.57. The number of benzene rings is 1. The van der Waals surface area contributed by atoms with E-state index < -0.39 is 0 Å². The third-order valence-electron chi connectivity index (χ3n) is 4.42. The van der Waals surface area contributed by atoms with E-state index in [0.29, 0.717) is 25.3 Å². The predicted octanol–water partition coefficient (Wildman–Crippen LogP) is 1.77. The maximum atomic E-state index is 9.77. The van der Waals surface area contributed by atoms with Crippen molar-refractivity contribution in [3.05, 3.63) is 42.5 Å². The highest BCUT2D eigenvalue weighted by atomic mass is 16.5. The Labute approximate surface area is 145 Å². The summed E-state index contributed by atoms with van der Waals surface area (Å²) in [5.41, 5.74) is 1.69. The summed E-state index contributed by atoms with van der Waals surface area (Å²) in [6.45, 7) is 3.80. The Balaban J connectivity index is 1.72. The molecule has 2 aromatic heterocycles. The summed E-state index contributed by atoms with van der Waals surface area (Å²) in [4.78, 5) is 2.20. The second-order valence-electron chi connectivity index (χ2n) is 6.36. The van der Waals surface area contributed by atoms with Gasteiger partial charge in [0.15, 0.2) is 11.5 Å². The number of aliphatic hydroxyl groups excluding tert-OH is 1. The lowest BCUT2D eigenvalue weighted by atomic mass is 10.1. The number of anilines is 1. The standard InChI is InChI=1S/C18H21N5O2/c1-13(24)11-15-12-25-10-9-22(15)17-8-7-16-19-20-18(23(16)21-17)14-5-3-2-4-6-14/h2-8,13,15,24H,9-12H2,1H3. The lowest BCUT2D eigenvalue weighted by Crippen LogP contribution is -2.47. The number of nitrogens with zero attached hydrogens (tertiary/aromatic N) is 5. The van der Waals surface area contributed by atoms with Gasteiger partial charge in [0.05, 0.1) is 25.4 Å². The molecule has 3 aromatic rings. The Morgan fingerprint density at radius 1 is 1.20 bits per heavy atom. The lowest BCUT2D eigenvalue weighted by Gasteiger charge is -2.37. The van der Waals surface area contributed by atoms with Gasteiger partial charge in [-0.2, -0.15) is 4.52 Å². The Bertz CT molecular complexity index is 849. The molecular weight excluding hydrogens is 318 g/mol. The summed E-state index contributed by atoms with van der Waals surface area (Å²) in [7, 11) is 0. The first-order valence-corrected chi connectivity index (χ1v) is 8.53. The highest BCUT2D eigenvalue weighted by molar-refractivity contribution is 5.59. The molecule has 0 radical (unpaired) electrons. The van der Waals surface area contributed by atoms with Gasteiger partial charge >= 0.3 is 0 Å².